The molecule has 22 heavy (non-hydrogen) atoms. The minimum atomic E-state index is -0.385. The van der Waals surface area contributed by atoms with E-state index in [0.29, 0.717) is 17.7 Å². The van der Waals surface area contributed by atoms with Crippen molar-refractivity contribution in [3.05, 3.63) is 64.1 Å². The minimum Gasteiger partial charge on any atom is -0.334 e. The Morgan fingerprint density at radius 1 is 1.32 bits per heavy atom. The van der Waals surface area contributed by atoms with E-state index in [1.165, 1.54) is 6.20 Å². The van der Waals surface area contributed by atoms with Gasteiger partial charge < -0.3 is 4.90 Å². The maximum atomic E-state index is 13.8. The molecule has 0 atom stereocenters. The van der Waals surface area contributed by atoms with Gasteiger partial charge in [-0.15, -0.1) is 0 Å². The minimum absolute atomic E-state index is 0.0999. The Bertz CT molecular complexity index is 648. The van der Waals surface area contributed by atoms with Crippen LogP contribution in [0.5, 0.6) is 0 Å². The van der Waals surface area contributed by atoms with Gasteiger partial charge in [-0.25, -0.2) is 4.39 Å². The van der Waals surface area contributed by atoms with Crippen LogP contribution in [0, 0.1) is 5.82 Å². The molecule has 0 unspecified atom stereocenters. The van der Waals surface area contributed by atoms with Crippen LogP contribution in [0.15, 0.2) is 47.2 Å². The van der Waals surface area contributed by atoms with Crippen LogP contribution in [0.4, 0.5) is 4.39 Å². The van der Waals surface area contributed by atoms with E-state index >= 15 is 0 Å². The number of carbonyl (C=O) groups excluding carboxylic acids is 1. The lowest BCUT2D eigenvalue weighted by molar-refractivity contribution is 0.0738. The van der Waals surface area contributed by atoms with E-state index in [0.717, 1.165) is 17.3 Å². The Morgan fingerprint density at radius 3 is 2.77 bits per heavy atom. The highest BCUT2D eigenvalue weighted by Gasteiger charge is 2.19. The Hall–Kier alpha value is -1.75. The number of pyridine rings is 1. The van der Waals surface area contributed by atoms with Crippen LogP contribution in [0.25, 0.3) is 0 Å². The van der Waals surface area contributed by atoms with Gasteiger partial charge in [-0.1, -0.05) is 25.5 Å². The summed E-state index contributed by atoms with van der Waals surface area (Å²) in [6, 6.07) is 8.90. The van der Waals surface area contributed by atoms with Crippen LogP contribution in [0.3, 0.4) is 0 Å². The van der Waals surface area contributed by atoms with Gasteiger partial charge in [0.2, 0.25) is 0 Å². The van der Waals surface area contributed by atoms with Crippen molar-refractivity contribution in [2.24, 2.45) is 0 Å². The second-order valence-corrected chi connectivity index (χ2v) is 5.88. The highest BCUT2D eigenvalue weighted by atomic mass is 79.9. The fraction of sp³-hybridized carbons (Fsp3) is 0.294. The number of rotatable bonds is 6. The van der Waals surface area contributed by atoms with Gasteiger partial charge in [0.1, 0.15) is 5.82 Å². The van der Waals surface area contributed by atoms with Crippen molar-refractivity contribution in [3.63, 3.8) is 0 Å². The SMILES string of the molecule is CCCCN(Cc1ccncc1F)C(=O)c1ccccc1Br. The van der Waals surface area contributed by atoms with Crippen LogP contribution in [0.2, 0.25) is 0 Å². The number of hydrogen-bond donors (Lipinski definition) is 0. The summed E-state index contributed by atoms with van der Waals surface area (Å²) in [5, 5.41) is 0. The van der Waals surface area contributed by atoms with Crippen molar-refractivity contribution in [2.75, 3.05) is 6.54 Å². The van der Waals surface area contributed by atoms with Gasteiger partial charge >= 0.3 is 0 Å². The molecule has 0 aliphatic heterocycles. The van der Waals surface area contributed by atoms with Gasteiger partial charge in [-0.2, -0.15) is 0 Å². The van der Waals surface area contributed by atoms with E-state index < -0.39 is 0 Å². The van der Waals surface area contributed by atoms with Gasteiger partial charge in [0.15, 0.2) is 0 Å². The maximum Gasteiger partial charge on any atom is 0.255 e. The first-order chi connectivity index (χ1) is 10.6. The molecule has 0 bridgehead atoms. The van der Waals surface area contributed by atoms with Crippen LogP contribution >= 0.6 is 15.9 Å². The lowest BCUT2D eigenvalue weighted by Crippen LogP contribution is -2.32. The summed E-state index contributed by atoms with van der Waals surface area (Å²) in [5.74, 6) is -0.485. The van der Waals surface area contributed by atoms with Crippen molar-refractivity contribution in [2.45, 2.75) is 26.3 Å². The summed E-state index contributed by atoms with van der Waals surface area (Å²) < 4.78 is 14.6. The first-order valence-electron chi connectivity index (χ1n) is 7.25. The molecule has 5 heteroatoms. The zero-order valence-electron chi connectivity index (χ0n) is 12.4. The summed E-state index contributed by atoms with van der Waals surface area (Å²) in [6.45, 7) is 2.90. The molecule has 0 saturated heterocycles. The van der Waals surface area contributed by atoms with E-state index in [1.807, 2.05) is 18.2 Å². The van der Waals surface area contributed by atoms with Crippen molar-refractivity contribution >= 4 is 21.8 Å². The van der Waals surface area contributed by atoms with Gasteiger partial charge in [-0.05, 0) is 40.5 Å². The zero-order chi connectivity index (χ0) is 15.9. The van der Waals surface area contributed by atoms with Gasteiger partial charge in [0, 0.05) is 29.3 Å². The predicted molar refractivity (Wildman–Crippen MR) is 88.0 cm³/mol. The number of benzene rings is 1. The predicted octanol–water partition coefficient (Wildman–Crippen LogP) is 4.43. The molecule has 0 saturated carbocycles. The first kappa shape index (κ1) is 16.6. The fourth-order valence-electron chi connectivity index (χ4n) is 2.14. The lowest BCUT2D eigenvalue weighted by atomic mass is 10.1. The highest BCUT2D eigenvalue weighted by Crippen LogP contribution is 2.20. The molecule has 0 radical (unpaired) electrons. The largest absolute Gasteiger partial charge is 0.334 e. The monoisotopic (exact) mass is 364 g/mol. The average molecular weight is 365 g/mol. The number of amides is 1. The molecule has 2 aromatic rings. The number of carbonyl (C=O) groups is 1. The number of aromatic nitrogens is 1. The van der Waals surface area contributed by atoms with E-state index in [9.17, 15) is 9.18 Å². The van der Waals surface area contributed by atoms with Gasteiger partial charge in [-0.3, -0.25) is 9.78 Å². The molecular weight excluding hydrogens is 347 g/mol. The fourth-order valence-corrected chi connectivity index (χ4v) is 2.60. The van der Waals surface area contributed by atoms with Crippen LogP contribution < -0.4 is 0 Å². The van der Waals surface area contributed by atoms with Gasteiger partial charge in [0.05, 0.1) is 11.8 Å². The smallest absolute Gasteiger partial charge is 0.255 e. The Morgan fingerprint density at radius 2 is 2.09 bits per heavy atom. The third-order valence-corrected chi connectivity index (χ3v) is 4.08. The Balaban J connectivity index is 2.24. The number of unbranched alkanes of at least 4 members (excludes halogenated alkanes) is 1. The quantitative estimate of drug-likeness (QED) is 0.759. The lowest BCUT2D eigenvalue weighted by Gasteiger charge is -2.23. The molecule has 2 rings (SSSR count). The molecule has 1 heterocycles. The van der Waals surface area contributed by atoms with Crippen molar-refractivity contribution in [3.8, 4) is 0 Å². The maximum absolute atomic E-state index is 13.8. The molecule has 0 aliphatic rings. The zero-order valence-corrected chi connectivity index (χ0v) is 14.0. The highest BCUT2D eigenvalue weighted by molar-refractivity contribution is 9.10. The van der Waals surface area contributed by atoms with E-state index in [-0.39, 0.29) is 18.3 Å². The van der Waals surface area contributed by atoms with E-state index in [2.05, 4.69) is 27.8 Å². The molecule has 3 nitrogen and oxygen atoms in total. The molecule has 116 valence electrons. The Labute approximate surface area is 138 Å². The normalized spacial score (nSPS) is 10.5. The molecule has 0 aliphatic carbocycles. The van der Waals surface area contributed by atoms with Crippen molar-refractivity contribution < 1.29 is 9.18 Å². The number of hydrogen-bond acceptors (Lipinski definition) is 2. The third-order valence-electron chi connectivity index (χ3n) is 3.39. The second kappa shape index (κ2) is 8.03. The molecular formula is C17H18BrFN2O. The summed E-state index contributed by atoms with van der Waals surface area (Å²) >= 11 is 3.40. The molecule has 1 amide bonds. The molecule has 0 spiro atoms. The molecule has 0 fully saturated rings. The first-order valence-corrected chi connectivity index (χ1v) is 8.05. The summed E-state index contributed by atoms with van der Waals surface area (Å²) in [7, 11) is 0. The second-order valence-electron chi connectivity index (χ2n) is 5.03. The van der Waals surface area contributed by atoms with Crippen molar-refractivity contribution in [1.82, 2.24) is 9.88 Å². The van der Waals surface area contributed by atoms with Crippen LogP contribution in [-0.2, 0) is 6.54 Å². The van der Waals surface area contributed by atoms with Gasteiger partial charge in [0.25, 0.3) is 5.91 Å². The number of nitrogens with zero attached hydrogens (tertiary/aromatic N) is 2. The number of halogens is 2. The Kier molecular flexibility index (Phi) is 6.07. The molecule has 0 N–H and O–H groups in total. The molecule has 1 aromatic carbocycles. The van der Waals surface area contributed by atoms with Crippen LogP contribution in [-0.4, -0.2) is 22.3 Å². The van der Waals surface area contributed by atoms with Crippen molar-refractivity contribution in [1.29, 1.82) is 0 Å². The molecule has 1 aromatic heterocycles. The topological polar surface area (TPSA) is 33.2 Å². The summed E-state index contributed by atoms with van der Waals surface area (Å²) in [4.78, 5) is 18.2. The van der Waals surface area contributed by atoms with E-state index in [1.54, 1.807) is 23.2 Å². The third kappa shape index (κ3) is 4.13. The van der Waals surface area contributed by atoms with Crippen LogP contribution in [0.1, 0.15) is 35.7 Å². The summed E-state index contributed by atoms with van der Waals surface area (Å²) in [5.41, 5.74) is 1.07. The van der Waals surface area contributed by atoms with E-state index in [4.69, 9.17) is 0 Å². The summed E-state index contributed by atoms with van der Waals surface area (Å²) in [6.07, 6.45) is 4.57. The average Bonchev–Trinajstić information content (AvgIpc) is 2.53. The standard InChI is InChI=1S/C17H18BrFN2O/c1-2-3-10-21(12-13-8-9-20-11-16(13)19)17(22)14-6-4-5-7-15(14)18/h4-9,11H,2-3,10,12H2,1H3.